The first-order chi connectivity index (χ1) is 16.5. The zero-order chi connectivity index (χ0) is 24.8. The van der Waals surface area contributed by atoms with E-state index in [1.54, 1.807) is 23.4 Å². The molecule has 2 rings (SSSR count). The van der Waals surface area contributed by atoms with Gasteiger partial charge in [-0.2, -0.15) is 0 Å². The predicted molar refractivity (Wildman–Crippen MR) is 137 cm³/mol. The van der Waals surface area contributed by atoms with E-state index in [0.29, 0.717) is 29.2 Å². The van der Waals surface area contributed by atoms with Crippen molar-refractivity contribution in [3.8, 4) is 0 Å². The van der Waals surface area contributed by atoms with E-state index in [2.05, 4.69) is 22.0 Å². The highest BCUT2D eigenvalue weighted by atomic mass is 35.5. The summed E-state index contributed by atoms with van der Waals surface area (Å²) in [4.78, 5) is 33.7. The predicted octanol–water partition coefficient (Wildman–Crippen LogP) is 5.01. The molecule has 0 saturated carbocycles. The largest absolute Gasteiger partial charge is 0.352 e. The Morgan fingerprint density at radius 3 is 2.41 bits per heavy atom. The summed E-state index contributed by atoms with van der Waals surface area (Å²) < 4.78 is 0. The van der Waals surface area contributed by atoms with Crippen LogP contribution in [-0.2, 0) is 9.59 Å². The molecule has 0 unspecified atom stereocenters. The van der Waals surface area contributed by atoms with Crippen molar-refractivity contribution in [1.29, 1.82) is 0 Å². The van der Waals surface area contributed by atoms with E-state index >= 15 is 0 Å². The molecule has 2 aromatic carbocycles. The maximum absolute atomic E-state index is 12.4. The molecule has 0 radical (unpaired) electrons. The lowest BCUT2D eigenvalue weighted by Gasteiger charge is -2.24. The van der Waals surface area contributed by atoms with Gasteiger partial charge >= 0.3 is 0 Å². The minimum atomic E-state index is -0.386. The van der Waals surface area contributed by atoms with E-state index in [1.807, 2.05) is 48.5 Å². The number of rotatable bonds is 11. The molecule has 8 nitrogen and oxygen atoms in total. The summed E-state index contributed by atoms with van der Waals surface area (Å²) in [5.41, 5.74) is 3.53. The number of hydrogen-bond donors (Lipinski definition) is 3. The maximum Gasteiger partial charge on any atom is 0.248 e. The van der Waals surface area contributed by atoms with Gasteiger partial charge in [-0.15, -0.1) is 0 Å². The first kappa shape index (κ1) is 26.8. The van der Waals surface area contributed by atoms with Gasteiger partial charge in [-0.3, -0.25) is 19.7 Å². The molecule has 2 aromatic rings. The fourth-order valence-corrected chi connectivity index (χ4v) is 3.34. The molecule has 34 heavy (non-hydrogen) atoms. The lowest BCUT2D eigenvalue weighted by atomic mass is 10.1. The van der Waals surface area contributed by atoms with Crippen LogP contribution in [0.15, 0.2) is 76.4 Å². The summed E-state index contributed by atoms with van der Waals surface area (Å²) in [5.74, 6) is -0.336. The average Bonchev–Trinajstić information content (AvgIpc) is 2.86. The van der Waals surface area contributed by atoms with E-state index in [1.165, 1.54) is 6.20 Å². The Labute approximate surface area is 205 Å². The number of anilines is 2. The minimum Gasteiger partial charge on any atom is -0.352 e. The third-order valence-electron chi connectivity index (χ3n) is 4.92. The van der Waals surface area contributed by atoms with Gasteiger partial charge in [0.15, 0.2) is 0 Å². The van der Waals surface area contributed by atoms with Gasteiger partial charge in [-0.05, 0) is 50.7 Å². The van der Waals surface area contributed by atoms with Crippen molar-refractivity contribution in [3.05, 3.63) is 71.4 Å². The van der Waals surface area contributed by atoms with Crippen molar-refractivity contribution in [2.45, 2.75) is 39.0 Å². The average molecular weight is 484 g/mol. The lowest BCUT2D eigenvalue weighted by Crippen LogP contribution is -2.26. The number of hydrogen-bond acceptors (Lipinski definition) is 4. The van der Waals surface area contributed by atoms with E-state index in [9.17, 15) is 9.59 Å². The number of carbonyl (C=O) groups is 2. The van der Waals surface area contributed by atoms with Gasteiger partial charge in [0.25, 0.3) is 0 Å². The second-order valence-corrected chi connectivity index (χ2v) is 7.88. The van der Waals surface area contributed by atoms with Gasteiger partial charge in [0, 0.05) is 30.4 Å². The number of unbranched alkanes of at least 4 members (excludes halogenated alkanes) is 3. The highest BCUT2D eigenvalue weighted by molar-refractivity contribution is 6.34. The molecule has 0 heterocycles. The molecule has 3 N–H and O–H groups in total. The first-order valence-electron chi connectivity index (χ1n) is 11.0. The summed E-state index contributed by atoms with van der Waals surface area (Å²) in [7, 11) is 0. The zero-order valence-electron chi connectivity index (χ0n) is 19.2. The van der Waals surface area contributed by atoms with Gasteiger partial charge in [-0.25, -0.2) is 15.5 Å². The van der Waals surface area contributed by atoms with Crippen molar-refractivity contribution in [2.75, 3.05) is 11.4 Å². The standard InChI is InChI=1S/C25H30ClN5O3/c1-19(24(33)28-17-11-4-3-8-16-23(32)30-34)18-29-25(27-2)31(20-12-6-5-7-13-20)22-15-10-9-14-21(22)26/h5-7,9-10,12-15,18,34H,2-4,8,11,16-17H2,1H3,(H,28,33)(H,30,32)/b19-18+,29-25+. The minimum absolute atomic E-state index is 0.226. The molecule has 0 fully saturated rings. The number of nitrogens with one attached hydrogen (secondary N) is 2. The molecule has 0 spiro atoms. The maximum atomic E-state index is 12.4. The molecular formula is C25H30ClN5O3. The SMILES string of the molecule is C=N/C(=N\C=C(/C)C(=O)NCCCCCCC(=O)NO)N(c1ccccc1)c1ccccc1Cl. The lowest BCUT2D eigenvalue weighted by molar-refractivity contribution is -0.129. The van der Waals surface area contributed by atoms with E-state index < -0.39 is 0 Å². The number of para-hydroxylation sites is 2. The smallest absolute Gasteiger partial charge is 0.248 e. The number of halogens is 1. The number of carbonyl (C=O) groups excluding carboxylic acids is 2. The molecular weight excluding hydrogens is 454 g/mol. The Morgan fingerprint density at radius 2 is 1.74 bits per heavy atom. The highest BCUT2D eigenvalue weighted by Crippen LogP contribution is 2.32. The third kappa shape index (κ3) is 8.46. The molecule has 0 aromatic heterocycles. The number of aliphatic imine (C=N–C) groups is 2. The van der Waals surface area contributed by atoms with Gasteiger partial charge < -0.3 is 5.32 Å². The molecule has 0 atom stereocenters. The summed E-state index contributed by atoms with van der Waals surface area (Å²) in [6.45, 7) is 5.84. The van der Waals surface area contributed by atoms with E-state index in [0.717, 1.165) is 24.9 Å². The van der Waals surface area contributed by atoms with Crippen LogP contribution in [0.2, 0.25) is 5.02 Å². The number of nitrogens with zero attached hydrogens (tertiary/aromatic N) is 3. The number of amides is 2. The second kappa shape index (κ2) is 14.6. The Balaban J connectivity index is 2.03. The van der Waals surface area contributed by atoms with Gasteiger partial charge in [-0.1, -0.05) is 54.8 Å². The van der Waals surface area contributed by atoms with Crippen LogP contribution >= 0.6 is 11.6 Å². The molecule has 0 aliphatic rings. The summed E-state index contributed by atoms with van der Waals surface area (Å²) in [6, 6.07) is 16.9. The van der Waals surface area contributed by atoms with Crippen LogP contribution in [0, 0.1) is 0 Å². The molecule has 0 bridgehead atoms. The zero-order valence-corrected chi connectivity index (χ0v) is 20.0. The molecule has 9 heteroatoms. The number of hydroxylamine groups is 1. The van der Waals surface area contributed by atoms with Crippen LogP contribution in [0.3, 0.4) is 0 Å². The number of benzene rings is 2. The Bertz CT molecular complexity index is 1020. The summed E-state index contributed by atoms with van der Waals surface area (Å²) >= 11 is 6.44. The summed E-state index contributed by atoms with van der Waals surface area (Å²) in [6.07, 6.45) is 4.93. The Kier molecular flexibility index (Phi) is 11.5. The quantitative estimate of drug-likeness (QED) is 0.104. The fourth-order valence-electron chi connectivity index (χ4n) is 3.12. The van der Waals surface area contributed by atoms with Crippen LogP contribution in [0.1, 0.15) is 39.0 Å². The van der Waals surface area contributed by atoms with Crippen LogP contribution in [-0.4, -0.2) is 36.2 Å². The van der Waals surface area contributed by atoms with E-state index in [4.69, 9.17) is 16.8 Å². The molecule has 2 amide bonds. The van der Waals surface area contributed by atoms with Crippen LogP contribution < -0.4 is 15.7 Å². The Morgan fingerprint density at radius 1 is 1.06 bits per heavy atom. The third-order valence-corrected chi connectivity index (χ3v) is 5.24. The topological polar surface area (TPSA) is 106 Å². The first-order valence-corrected chi connectivity index (χ1v) is 11.4. The summed E-state index contributed by atoms with van der Waals surface area (Å²) in [5, 5.41) is 11.8. The molecule has 180 valence electrons. The van der Waals surface area contributed by atoms with Crippen LogP contribution in [0.5, 0.6) is 0 Å². The van der Waals surface area contributed by atoms with Crippen molar-refractivity contribution < 1.29 is 14.8 Å². The normalized spacial score (nSPS) is 11.6. The van der Waals surface area contributed by atoms with Crippen molar-refractivity contribution >= 4 is 47.5 Å². The van der Waals surface area contributed by atoms with Gasteiger partial charge in [0.1, 0.15) is 0 Å². The second-order valence-electron chi connectivity index (χ2n) is 7.48. The molecule has 0 aliphatic carbocycles. The highest BCUT2D eigenvalue weighted by Gasteiger charge is 2.17. The fraction of sp³-hybridized carbons (Fsp3) is 0.280. The monoisotopic (exact) mass is 483 g/mol. The number of guanidine groups is 1. The molecule has 0 saturated heterocycles. The van der Waals surface area contributed by atoms with Crippen LogP contribution in [0.25, 0.3) is 0 Å². The van der Waals surface area contributed by atoms with Gasteiger partial charge in [0.05, 0.1) is 10.7 Å². The van der Waals surface area contributed by atoms with Crippen molar-refractivity contribution in [3.63, 3.8) is 0 Å². The van der Waals surface area contributed by atoms with Crippen molar-refractivity contribution in [1.82, 2.24) is 10.8 Å². The van der Waals surface area contributed by atoms with Gasteiger partial charge in [0.2, 0.25) is 17.8 Å². The van der Waals surface area contributed by atoms with Crippen molar-refractivity contribution in [2.24, 2.45) is 9.98 Å². The van der Waals surface area contributed by atoms with Crippen LogP contribution in [0.4, 0.5) is 11.4 Å². The Hall–Kier alpha value is -3.49. The van der Waals surface area contributed by atoms with E-state index in [-0.39, 0.29) is 24.2 Å². The molecule has 0 aliphatic heterocycles.